The van der Waals surface area contributed by atoms with Gasteiger partial charge in [-0.2, -0.15) is 0 Å². The Morgan fingerprint density at radius 3 is 2.83 bits per heavy atom. The number of thiophene rings is 1. The Balaban J connectivity index is 2.02. The molecule has 0 unspecified atom stereocenters. The summed E-state index contributed by atoms with van der Waals surface area (Å²) in [5.41, 5.74) is 8.17. The number of rotatable bonds is 2. The second-order valence-electron chi connectivity index (χ2n) is 6.12. The third kappa shape index (κ3) is 1.92. The number of hydrogen-bond donors (Lipinski definition) is 2. The third-order valence-electron chi connectivity index (χ3n) is 4.03. The highest BCUT2D eigenvalue weighted by molar-refractivity contribution is 7.16. The molecule has 1 fully saturated rings. The van der Waals surface area contributed by atoms with E-state index in [2.05, 4.69) is 19.2 Å². The summed E-state index contributed by atoms with van der Waals surface area (Å²) in [5.74, 6) is 0.0440. The number of amides is 1. The van der Waals surface area contributed by atoms with E-state index in [4.69, 9.17) is 5.73 Å². The number of fused-ring (bicyclic) bond motifs is 1. The van der Waals surface area contributed by atoms with Gasteiger partial charge in [-0.15, -0.1) is 11.3 Å². The van der Waals surface area contributed by atoms with Crippen LogP contribution in [0.25, 0.3) is 0 Å². The predicted octanol–water partition coefficient (Wildman–Crippen LogP) is 2.84. The summed E-state index contributed by atoms with van der Waals surface area (Å²) in [6.45, 7) is 4.45. The van der Waals surface area contributed by atoms with Crippen LogP contribution in [0.15, 0.2) is 0 Å². The minimum Gasteiger partial charge on any atom is -0.390 e. The van der Waals surface area contributed by atoms with Crippen LogP contribution in [0.3, 0.4) is 0 Å². The summed E-state index contributed by atoms with van der Waals surface area (Å²) in [4.78, 5) is 13.7. The number of carbonyl (C=O) groups excluding carboxylic acids is 1. The van der Waals surface area contributed by atoms with Crippen LogP contribution < -0.4 is 11.1 Å². The molecule has 3 N–H and O–H groups in total. The monoisotopic (exact) mass is 264 g/mol. The highest BCUT2D eigenvalue weighted by Gasteiger charge is 2.36. The van der Waals surface area contributed by atoms with Crippen molar-refractivity contribution in [2.45, 2.75) is 57.4 Å². The van der Waals surface area contributed by atoms with Gasteiger partial charge >= 0.3 is 0 Å². The lowest BCUT2D eigenvalue weighted by Gasteiger charge is -2.31. The molecule has 3 rings (SSSR count). The molecule has 0 saturated heterocycles. The van der Waals surface area contributed by atoms with Crippen LogP contribution in [0.5, 0.6) is 0 Å². The van der Waals surface area contributed by atoms with Crippen LogP contribution in [0, 0.1) is 0 Å². The topological polar surface area (TPSA) is 55.1 Å². The van der Waals surface area contributed by atoms with Gasteiger partial charge in [0.05, 0.1) is 10.6 Å². The minimum atomic E-state index is 0.0440. The molecule has 98 valence electrons. The van der Waals surface area contributed by atoms with E-state index in [0.717, 1.165) is 31.2 Å². The van der Waals surface area contributed by atoms with E-state index >= 15 is 0 Å². The van der Waals surface area contributed by atoms with Crippen LogP contribution in [0.2, 0.25) is 0 Å². The Labute approximate surface area is 112 Å². The summed E-state index contributed by atoms with van der Waals surface area (Å²) >= 11 is 1.61. The molecule has 2 aliphatic rings. The summed E-state index contributed by atoms with van der Waals surface area (Å²) in [5, 5.41) is 3.77. The van der Waals surface area contributed by atoms with Gasteiger partial charge in [-0.05, 0) is 43.1 Å². The SMILES string of the molecule is CC1(C)CCCc2sc(N)c(C(=O)NC3CC3)c21. The molecule has 4 heteroatoms. The van der Waals surface area contributed by atoms with Gasteiger partial charge in [0.15, 0.2) is 0 Å². The number of anilines is 1. The fraction of sp³-hybridized carbons (Fsp3) is 0.643. The standard InChI is InChI=1S/C14H20N2OS/c1-14(2)7-3-4-9-11(14)10(12(15)18-9)13(17)16-8-5-6-8/h8H,3-7,15H2,1-2H3,(H,16,17). The Morgan fingerprint density at radius 1 is 1.44 bits per heavy atom. The zero-order chi connectivity index (χ0) is 12.9. The lowest BCUT2D eigenvalue weighted by molar-refractivity contribution is 0.0949. The summed E-state index contributed by atoms with van der Waals surface area (Å²) in [6.07, 6.45) is 5.64. The van der Waals surface area contributed by atoms with Crippen LogP contribution in [-0.2, 0) is 11.8 Å². The van der Waals surface area contributed by atoms with Gasteiger partial charge in [0.2, 0.25) is 0 Å². The van der Waals surface area contributed by atoms with Gasteiger partial charge in [0, 0.05) is 10.9 Å². The molecule has 3 nitrogen and oxygen atoms in total. The van der Waals surface area contributed by atoms with E-state index in [1.165, 1.54) is 16.9 Å². The molecule has 1 aromatic heterocycles. The Kier molecular flexibility index (Phi) is 2.66. The van der Waals surface area contributed by atoms with E-state index in [9.17, 15) is 4.79 Å². The molecule has 1 aromatic rings. The van der Waals surface area contributed by atoms with Gasteiger partial charge in [-0.1, -0.05) is 13.8 Å². The summed E-state index contributed by atoms with van der Waals surface area (Å²) in [6, 6.07) is 0.388. The number of nitrogen functional groups attached to an aromatic ring is 1. The zero-order valence-electron chi connectivity index (χ0n) is 11.0. The van der Waals surface area contributed by atoms with Crippen LogP contribution in [0.1, 0.15) is 60.3 Å². The van der Waals surface area contributed by atoms with Crippen molar-refractivity contribution in [1.29, 1.82) is 0 Å². The minimum absolute atomic E-state index is 0.0440. The van der Waals surface area contributed by atoms with E-state index in [0.29, 0.717) is 11.0 Å². The smallest absolute Gasteiger partial charge is 0.254 e. The van der Waals surface area contributed by atoms with Crippen molar-refractivity contribution in [3.63, 3.8) is 0 Å². The second kappa shape index (κ2) is 3.98. The molecule has 0 spiro atoms. The molecule has 1 amide bonds. The van der Waals surface area contributed by atoms with E-state index in [-0.39, 0.29) is 11.3 Å². The van der Waals surface area contributed by atoms with E-state index in [1.807, 2.05) is 0 Å². The fourth-order valence-electron chi connectivity index (χ4n) is 2.92. The quantitative estimate of drug-likeness (QED) is 0.863. The Morgan fingerprint density at radius 2 is 2.17 bits per heavy atom. The molecule has 1 saturated carbocycles. The van der Waals surface area contributed by atoms with Crippen LogP contribution in [0.4, 0.5) is 5.00 Å². The Hall–Kier alpha value is -1.03. The highest BCUT2D eigenvalue weighted by atomic mass is 32.1. The van der Waals surface area contributed by atoms with Crippen LogP contribution in [-0.4, -0.2) is 11.9 Å². The number of hydrogen-bond acceptors (Lipinski definition) is 3. The molecule has 0 bridgehead atoms. The first-order valence-electron chi connectivity index (χ1n) is 6.71. The Bertz CT molecular complexity index is 500. The molecule has 18 heavy (non-hydrogen) atoms. The maximum atomic E-state index is 12.4. The van der Waals surface area contributed by atoms with Gasteiger partial charge in [-0.25, -0.2) is 0 Å². The number of aryl methyl sites for hydroxylation is 1. The first-order valence-corrected chi connectivity index (χ1v) is 7.53. The normalized spacial score (nSPS) is 21.4. The first kappa shape index (κ1) is 12.0. The highest BCUT2D eigenvalue weighted by Crippen LogP contribution is 2.45. The maximum Gasteiger partial charge on any atom is 0.254 e. The summed E-state index contributed by atoms with van der Waals surface area (Å²) < 4.78 is 0. The second-order valence-corrected chi connectivity index (χ2v) is 7.26. The molecule has 0 aromatic carbocycles. The lowest BCUT2D eigenvalue weighted by Crippen LogP contribution is -2.31. The average molecular weight is 264 g/mol. The van der Waals surface area contributed by atoms with Gasteiger partial charge < -0.3 is 11.1 Å². The molecule has 0 atom stereocenters. The molecular weight excluding hydrogens is 244 g/mol. The largest absolute Gasteiger partial charge is 0.390 e. The fourth-order valence-corrected chi connectivity index (χ4v) is 4.20. The predicted molar refractivity (Wildman–Crippen MR) is 75.2 cm³/mol. The average Bonchev–Trinajstić information content (AvgIpc) is 2.99. The van der Waals surface area contributed by atoms with Crippen molar-refractivity contribution in [3.05, 3.63) is 16.0 Å². The van der Waals surface area contributed by atoms with E-state index in [1.54, 1.807) is 11.3 Å². The van der Waals surface area contributed by atoms with Crippen molar-refractivity contribution >= 4 is 22.2 Å². The number of carbonyl (C=O) groups is 1. The first-order chi connectivity index (χ1) is 8.49. The van der Waals surface area contributed by atoms with Crippen LogP contribution >= 0.6 is 11.3 Å². The van der Waals surface area contributed by atoms with Crippen molar-refractivity contribution in [1.82, 2.24) is 5.32 Å². The number of nitrogens with one attached hydrogen (secondary N) is 1. The molecule has 0 radical (unpaired) electrons. The van der Waals surface area contributed by atoms with Crippen molar-refractivity contribution in [2.24, 2.45) is 0 Å². The molecule has 1 heterocycles. The van der Waals surface area contributed by atoms with Crippen molar-refractivity contribution in [2.75, 3.05) is 5.73 Å². The lowest BCUT2D eigenvalue weighted by atomic mass is 9.74. The number of nitrogens with two attached hydrogens (primary N) is 1. The van der Waals surface area contributed by atoms with E-state index < -0.39 is 0 Å². The molecular formula is C14H20N2OS. The summed E-state index contributed by atoms with van der Waals surface area (Å²) in [7, 11) is 0. The van der Waals surface area contributed by atoms with Gasteiger partial charge in [0.25, 0.3) is 5.91 Å². The molecule has 0 aliphatic heterocycles. The van der Waals surface area contributed by atoms with Gasteiger partial charge in [-0.3, -0.25) is 4.79 Å². The van der Waals surface area contributed by atoms with Crippen molar-refractivity contribution in [3.8, 4) is 0 Å². The maximum absolute atomic E-state index is 12.4. The zero-order valence-corrected chi connectivity index (χ0v) is 11.8. The third-order valence-corrected chi connectivity index (χ3v) is 5.11. The van der Waals surface area contributed by atoms with Crippen molar-refractivity contribution < 1.29 is 4.79 Å². The van der Waals surface area contributed by atoms with Gasteiger partial charge in [0.1, 0.15) is 0 Å². The molecule has 2 aliphatic carbocycles.